The van der Waals surface area contributed by atoms with E-state index in [9.17, 15) is 14.7 Å². The largest absolute Gasteiger partial charge is 0.484 e. The lowest BCUT2D eigenvalue weighted by atomic mass is 9.81. The molecular formula is C15H18BrNO4. The van der Waals surface area contributed by atoms with Crippen LogP contribution in [0.2, 0.25) is 0 Å². The van der Waals surface area contributed by atoms with Gasteiger partial charge in [-0.25, -0.2) is 4.79 Å². The molecule has 5 nitrogen and oxygen atoms in total. The lowest BCUT2D eigenvalue weighted by molar-refractivity contribution is -0.149. The van der Waals surface area contributed by atoms with Crippen molar-refractivity contribution in [3.8, 4) is 5.75 Å². The fourth-order valence-corrected chi connectivity index (χ4v) is 2.93. The number of carboxylic acid groups (broad SMARTS) is 1. The Hall–Kier alpha value is -1.56. The minimum absolute atomic E-state index is 0.189. The monoisotopic (exact) mass is 355 g/mol. The van der Waals surface area contributed by atoms with Crippen LogP contribution in [0.1, 0.15) is 32.1 Å². The Balaban J connectivity index is 1.92. The molecule has 0 saturated heterocycles. The summed E-state index contributed by atoms with van der Waals surface area (Å²) in [6.45, 7) is -0.189. The second-order valence-electron chi connectivity index (χ2n) is 5.24. The lowest BCUT2D eigenvalue weighted by Gasteiger charge is -2.33. The number of benzene rings is 1. The minimum Gasteiger partial charge on any atom is -0.484 e. The van der Waals surface area contributed by atoms with Crippen molar-refractivity contribution < 1.29 is 19.4 Å². The third-order valence-electron chi connectivity index (χ3n) is 3.66. The molecule has 0 aliphatic heterocycles. The Kier molecular flexibility index (Phi) is 5.22. The van der Waals surface area contributed by atoms with E-state index in [1.807, 2.05) is 6.07 Å². The molecule has 0 radical (unpaired) electrons. The van der Waals surface area contributed by atoms with Crippen LogP contribution in [-0.2, 0) is 9.59 Å². The average molecular weight is 356 g/mol. The van der Waals surface area contributed by atoms with E-state index < -0.39 is 17.4 Å². The Morgan fingerprint density at radius 1 is 1.29 bits per heavy atom. The van der Waals surface area contributed by atoms with Gasteiger partial charge in [-0.1, -0.05) is 41.3 Å². The van der Waals surface area contributed by atoms with E-state index in [-0.39, 0.29) is 6.61 Å². The highest BCUT2D eigenvalue weighted by Crippen LogP contribution is 2.28. The maximum atomic E-state index is 12.0. The van der Waals surface area contributed by atoms with Gasteiger partial charge in [0.2, 0.25) is 0 Å². The molecule has 0 bridgehead atoms. The smallest absolute Gasteiger partial charge is 0.329 e. The minimum atomic E-state index is -1.13. The summed E-state index contributed by atoms with van der Waals surface area (Å²) in [6.07, 6.45) is 3.60. The highest BCUT2D eigenvalue weighted by Gasteiger charge is 2.40. The van der Waals surface area contributed by atoms with Gasteiger partial charge in [0.15, 0.2) is 6.61 Å². The molecule has 1 saturated carbocycles. The van der Waals surface area contributed by atoms with Crippen molar-refractivity contribution >= 4 is 27.8 Å². The highest BCUT2D eigenvalue weighted by atomic mass is 79.9. The third kappa shape index (κ3) is 4.20. The number of ether oxygens (including phenoxy) is 1. The normalized spacial score (nSPS) is 17.0. The van der Waals surface area contributed by atoms with Crippen molar-refractivity contribution in [2.45, 2.75) is 37.6 Å². The van der Waals surface area contributed by atoms with Gasteiger partial charge in [-0.3, -0.25) is 4.79 Å². The Morgan fingerprint density at radius 3 is 2.62 bits per heavy atom. The van der Waals surface area contributed by atoms with Crippen LogP contribution in [0.5, 0.6) is 5.75 Å². The predicted octanol–water partition coefficient (Wildman–Crippen LogP) is 2.73. The first-order chi connectivity index (χ1) is 10.0. The molecule has 6 heteroatoms. The fraction of sp³-hybridized carbons (Fsp3) is 0.467. The zero-order valence-electron chi connectivity index (χ0n) is 11.6. The van der Waals surface area contributed by atoms with Crippen molar-refractivity contribution in [2.24, 2.45) is 0 Å². The number of amides is 1. The molecule has 0 spiro atoms. The van der Waals surface area contributed by atoms with Gasteiger partial charge in [0.25, 0.3) is 5.91 Å². The molecule has 2 rings (SSSR count). The topological polar surface area (TPSA) is 75.6 Å². The quantitative estimate of drug-likeness (QED) is 0.851. The summed E-state index contributed by atoms with van der Waals surface area (Å²) in [5, 5.41) is 12.0. The molecule has 21 heavy (non-hydrogen) atoms. The molecule has 0 heterocycles. The van der Waals surface area contributed by atoms with Crippen LogP contribution in [0.25, 0.3) is 0 Å². The van der Waals surface area contributed by atoms with Gasteiger partial charge in [0, 0.05) is 4.47 Å². The number of halogens is 1. The summed E-state index contributed by atoms with van der Waals surface area (Å²) in [6, 6.07) is 7.15. The van der Waals surface area contributed by atoms with Crippen LogP contribution in [0.15, 0.2) is 28.7 Å². The van der Waals surface area contributed by atoms with Gasteiger partial charge >= 0.3 is 5.97 Å². The number of hydrogen-bond donors (Lipinski definition) is 2. The Morgan fingerprint density at radius 2 is 2.00 bits per heavy atom. The first-order valence-corrected chi connectivity index (χ1v) is 7.74. The molecule has 1 aliphatic carbocycles. The van der Waals surface area contributed by atoms with Crippen molar-refractivity contribution in [3.05, 3.63) is 28.7 Å². The second-order valence-corrected chi connectivity index (χ2v) is 6.16. The summed E-state index contributed by atoms with van der Waals surface area (Å²) in [5.74, 6) is -0.801. The van der Waals surface area contributed by atoms with Gasteiger partial charge < -0.3 is 15.2 Å². The lowest BCUT2D eigenvalue weighted by Crippen LogP contribution is -2.56. The van der Waals surface area contributed by atoms with Crippen LogP contribution in [0.4, 0.5) is 0 Å². The van der Waals surface area contributed by atoms with Crippen molar-refractivity contribution in [1.29, 1.82) is 0 Å². The summed E-state index contributed by atoms with van der Waals surface area (Å²) in [4.78, 5) is 23.4. The number of aliphatic carboxylic acids is 1. The van der Waals surface area contributed by atoms with E-state index >= 15 is 0 Å². The van der Waals surface area contributed by atoms with Crippen molar-refractivity contribution in [2.75, 3.05) is 6.61 Å². The van der Waals surface area contributed by atoms with Gasteiger partial charge in [0.1, 0.15) is 11.3 Å². The number of rotatable bonds is 5. The average Bonchev–Trinajstić information content (AvgIpc) is 2.46. The fourth-order valence-electron chi connectivity index (χ4n) is 2.56. The number of carboxylic acids is 1. The predicted molar refractivity (Wildman–Crippen MR) is 81.2 cm³/mol. The molecule has 0 aromatic heterocycles. The van der Waals surface area contributed by atoms with E-state index in [4.69, 9.17) is 4.74 Å². The number of carbonyl (C=O) groups excluding carboxylic acids is 1. The van der Waals surface area contributed by atoms with E-state index in [2.05, 4.69) is 21.2 Å². The molecule has 1 amide bonds. The van der Waals surface area contributed by atoms with Gasteiger partial charge in [0.05, 0.1) is 0 Å². The first-order valence-electron chi connectivity index (χ1n) is 6.95. The summed E-state index contributed by atoms with van der Waals surface area (Å²) in [7, 11) is 0. The van der Waals surface area contributed by atoms with Gasteiger partial charge in [-0.2, -0.15) is 0 Å². The van der Waals surface area contributed by atoms with E-state index in [0.717, 1.165) is 23.7 Å². The SMILES string of the molecule is O=C(COc1cccc(Br)c1)NC1(C(=O)O)CCCCC1. The van der Waals surface area contributed by atoms with Crippen molar-refractivity contribution in [3.63, 3.8) is 0 Å². The first kappa shape index (κ1) is 15.8. The molecular weight excluding hydrogens is 338 g/mol. The summed E-state index contributed by atoms with van der Waals surface area (Å²) in [5.41, 5.74) is -1.13. The van der Waals surface area contributed by atoms with Crippen LogP contribution in [0, 0.1) is 0 Å². The van der Waals surface area contributed by atoms with E-state index in [0.29, 0.717) is 18.6 Å². The number of carbonyl (C=O) groups is 2. The molecule has 114 valence electrons. The maximum absolute atomic E-state index is 12.0. The molecule has 1 fully saturated rings. The van der Waals surface area contributed by atoms with Crippen LogP contribution in [-0.4, -0.2) is 29.1 Å². The maximum Gasteiger partial charge on any atom is 0.329 e. The number of hydrogen-bond acceptors (Lipinski definition) is 3. The highest BCUT2D eigenvalue weighted by molar-refractivity contribution is 9.10. The van der Waals surface area contributed by atoms with Gasteiger partial charge in [-0.05, 0) is 31.0 Å². The third-order valence-corrected chi connectivity index (χ3v) is 4.15. The molecule has 0 atom stereocenters. The van der Waals surface area contributed by atoms with Crippen LogP contribution in [0.3, 0.4) is 0 Å². The molecule has 0 unspecified atom stereocenters. The van der Waals surface area contributed by atoms with E-state index in [1.54, 1.807) is 18.2 Å². The van der Waals surface area contributed by atoms with Crippen molar-refractivity contribution in [1.82, 2.24) is 5.32 Å². The standard InChI is InChI=1S/C15H18BrNO4/c16-11-5-4-6-12(9-11)21-10-13(18)17-15(14(19)20)7-2-1-3-8-15/h4-6,9H,1-3,7-8,10H2,(H,17,18)(H,19,20). The van der Waals surface area contributed by atoms with Crippen LogP contribution < -0.4 is 10.1 Å². The Bertz CT molecular complexity index is 526. The Labute approximate surface area is 131 Å². The molecule has 1 aromatic rings. The van der Waals surface area contributed by atoms with Gasteiger partial charge in [-0.15, -0.1) is 0 Å². The number of nitrogens with one attached hydrogen (secondary N) is 1. The second kappa shape index (κ2) is 6.93. The summed E-state index contributed by atoms with van der Waals surface area (Å²) < 4.78 is 6.24. The molecule has 1 aromatic carbocycles. The van der Waals surface area contributed by atoms with Crippen LogP contribution >= 0.6 is 15.9 Å². The zero-order chi connectivity index (χ0) is 15.3. The van der Waals surface area contributed by atoms with E-state index in [1.165, 1.54) is 0 Å². The molecule has 2 N–H and O–H groups in total. The summed E-state index contributed by atoms with van der Waals surface area (Å²) >= 11 is 3.32. The molecule has 1 aliphatic rings. The zero-order valence-corrected chi connectivity index (χ0v) is 13.2.